The van der Waals surface area contributed by atoms with Gasteiger partial charge in [-0.1, -0.05) is 12.2 Å². The molecule has 13 heavy (non-hydrogen) atoms. The molecule has 3 atom stereocenters. The van der Waals surface area contributed by atoms with Gasteiger partial charge >= 0.3 is 5.97 Å². The van der Waals surface area contributed by atoms with Crippen LogP contribution in [0.1, 0.15) is 19.8 Å². The Balaban J connectivity index is 0.000000396. The molecule has 3 unspecified atom stereocenters. The topological polar surface area (TPSA) is 26.3 Å². The molecule has 1 fully saturated rings. The van der Waals surface area contributed by atoms with Gasteiger partial charge in [0.05, 0.1) is 0 Å². The van der Waals surface area contributed by atoms with Crippen LogP contribution in [-0.4, -0.2) is 12.1 Å². The van der Waals surface area contributed by atoms with Gasteiger partial charge in [0.25, 0.3) is 0 Å². The van der Waals surface area contributed by atoms with Crippen molar-refractivity contribution in [3.8, 4) is 0 Å². The van der Waals surface area contributed by atoms with Crippen molar-refractivity contribution in [2.24, 2.45) is 11.8 Å². The van der Waals surface area contributed by atoms with E-state index in [1.807, 2.05) is 0 Å². The fourth-order valence-corrected chi connectivity index (χ4v) is 2.08. The zero-order valence-corrected chi connectivity index (χ0v) is 8.03. The quantitative estimate of drug-likeness (QED) is 0.457. The average Bonchev–Trinajstić information content (AvgIpc) is 2.67. The molecule has 0 spiro atoms. The highest BCUT2D eigenvalue weighted by atomic mass is 16.5. The van der Waals surface area contributed by atoms with Crippen LogP contribution < -0.4 is 0 Å². The van der Waals surface area contributed by atoms with Gasteiger partial charge in [-0.2, -0.15) is 0 Å². The van der Waals surface area contributed by atoms with E-state index >= 15 is 0 Å². The number of hydrogen-bond donors (Lipinski definition) is 0. The van der Waals surface area contributed by atoms with Crippen LogP contribution in [0.15, 0.2) is 25.3 Å². The summed E-state index contributed by atoms with van der Waals surface area (Å²) in [4.78, 5) is 10.6. The Labute approximate surface area is 79.3 Å². The lowest BCUT2D eigenvalue weighted by Gasteiger charge is -2.17. The number of fused-ring (bicyclic) bond motifs is 2. The second-order valence-electron chi connectivity index (χ2n) is 3.43. The van der Waals surface area contributed by atoms with Crippen LogP contribution in [0.3, 0.4) is 0 Å². The summed E-state index contributed by atoms with van der Waals surface area (Å²) in [6, 6.07) is 0. The van der Waals surface area contributed by atoms with Crippen LogP contribution in [0.25, 0.3) is 0 Å². The number of carbonyl (C=O) groups is 1. The van der Waals surface area contributed by atoms with E-state index in [2.05, 4.69) is 25.3 Å². The predicted molar refractivity (Wildman–Crippen MR) is 52.2 cm³/mol. The maximum atomic E-state index is 10.6. The van der Waals surface area contributed by atoms with E-state index in [1.54, 1.807) is 0 Å². The summed E-state index contributed by atoms with van der Waals surface area (Å²) in [6.45, 7) is 7.48. The van der Waals surface area contributed by atoms with Gasteiger partial charge in [0.1, 0.15) is 6.10 Å². The molecule has 72 valence electrons. The average molecular weight is 180 g/mol. The van der Waals surface area contributed by atoms with Gasteiger partial charge in [-0.3, -0.25) is 4.79 Å². The van der Waals surface area contributed by atoms with E-state index in [0.29, 0.717) is 11.8 Å². The second-order valence-corrected chi connectivity index (χ2v) is 3.43. The third-order valence-electron chi connectivity index (χ3n) is 2.54. The summed E-state index contributed by atoms with van der Waals surface area (Å²) >= 11 is 0. The number of hydrogen-bond acceptors (Lipinski definition) is 2. The summed E-state index contributed by atoms with van der Waals surface area (Å²) in [5.74, 6) is 1.06. The first-order valence-corrected chi connectivity index (χ1v) is 4.61. The number of allylic oxidation sites excluding steroid dienone is 1. The molecule has 2 aliphatic rings. The third-order valence-corrected chi connectivity index (χ3v) is 2.54. The summed E-state index contributed by atoms with van der Waals surface area (Å²) in [7, 11) is 0. The van der Waals surface area contributed by atoms with Gasteiger partial charge in [0.2, 0.25) is 0 Å². The molecule has 2 aliphatic carbocycles. The molecule has 1 saturated carbocycles. The van der Waals surface area contributed by atoms with Gasteiger partial charge in [-0.25, -0.2) is 0 Å². The van der Waals surface area contributed by atoms with Crippen molar-refractivity contribution in [1.29, 1.82) is 0 Å². The van der Waals surface area contributed by atoms with Crippen molar-refractivity contribution in [3.63, 3.8) is 0 Å². The molecule has 0 aliphatic heterocycles. The Bertz CT molecular complexity index is 220. The summed E-state index contributed by atoms with van der Waals surface area (Å²) < 4.78 is 5.15. The standard InChI is InChI=1S/C9H12O2.C2H4/c1-6(10)11-9-5-7-2-3-8(9)4-7;1-2/h2-3,7-9H,4-5H2,1H3;1-2H2. The molecule has 2 heteroatoms. The Kier molecular flexibility index (Phi) is 3.29. The first-order chi connectivity index (χ1) is 6.25. The minimum absolute atomic E-state index is 0.143. The Hall–Kier alpha value is -1.05. The largest absolute Gasteiger partial charge is 0.462 e. The minimum atomic E-state index is -0.143. The molecule has 2 bridgehead atoms. The lowest BCUT2D eigenvalue weighted by molar-refractivity contribution is -0.147. The van der Waals surface area contributed by atoms with Gasteiger partial charge in [0, 0.05) is 12.8 Å². The first-order valence-electron chi connectivity index (χ1n) is 4.61. The van der Waals surface area contributed by atoms with Crippen molar-refractivity contribution in [2.45, 2.75) is 25.9 Å². The summed E-state index contributed by atoms with van der Waals surface area (Å²) in [5.41, 5.74) is 0. The van der Waals surface area contributed by atoms with Crippen LogP contribution in [0.5, 0.6) is 0 Å². The van der Waals surface area contributed by atoms with E-state index in [1.165, 1.54) is 13.3 Å². The molecule has 0 amide bonds. The van der Waals surface area contributed by atoms with E-state index < -0.39 is 0 Å². The first kappa shape index (κ1) is 10.0. The van der Waals surface area contributed by atoms with E-state index in [-0.39, 0.29) is 12.1 Å². The molecule has 0 aromatic heterocycles. The van der Waals surface area contributed by atoms with Crippen LogP contribution in [-0.2, 0) is 9.53 Å². The highest BCUT2D eigenvalue weighted by Crippen LogP contribution is 2.40. The monoisotopic (exact) mass is 180 g/mol. The predicted octanol–water partition coefficient (Wildman–Crippen LogP) is 2.32. The highest BCUT2D eigenvalue weighted by molar-refractivity contribution is 5.66. The molecule has 0 aromatic rings. The van der Waals surface area contributed by atoms with Gasteiger partial charge in [-0.15, -0.1) is 13.2 Å². The van der Waals surface area contributed by atoms with Crippen LogP contribution in [0.2, 0.25) is 0 Å². The number of rotatable bonds is 1. The normalized spacial score (nSPS) is 33.8. The van der Waals surface area contributed by atoms with E-state index in [0.717, 1.165) is 6.42 Å². The van der Waals surface area contributed by atoms with E-state index in [9.17, 15) is 4.79 Å². The van der Waals surface area contributed by atoms with Crippen molar-refractivity contribution in [3.05, 3.63) is 25.3 Å². The molecule has 2 nitrogen and oxygen atoms in total. The summed E-state index contributed by atoms with van der Waals surface area (Å²) in [6.07, 6.45) is 6.84. The molecular formula is C11H16O2. The van der Waals surface area contributed by atoms with E-state index in [4.69, 9.17) is 4.74 Å². The maximum Gasteiger partial charge on any atom is 0.302 e. The summed E-state index contributed by atoms with van der Waals surface area (Å²) in [5, 5.41) is 0. The highest BCUT2D eigenvalue weighted by Gasteiger charge is 2.37. The number of esters is 1. The second kappa shape index (κ2) is 4.26. The zero-order valence-electron chi connectivity index (χ0n) is 8.03. The van der Waals surface area contributed by atoms with Crippen LogP contribution >= 0.6 is 0 Å². The van der Waals surface area contributed by atoms with Gasteiger partial charge < -0.3 is 4.74 Å². The lowest BCUT2D eigenvalue weighted by Crippen LogP contribution is -2.20. The molecule has 0 aromatic carbocycles. The third kappa shape index (κ3) is 2.20. The van der Waals surface area contributed by atoms with Crippen molar-refractivity contribution in [1.82, 2.24) is 0 Å². The van der Waals surface area contributed by atoms with Crippen molar-refractivity contribution >= 4 is 5.97 Å². The SMILES string of the molecule is C=C.CC(=O)OC1CC2C=CC1C2. The Morgan fingerprint density at radius 2 is 2.08 bits per heavy atom. The molecule has 2 rings (SSSR count). The van der Waals surface area contributed by atoms with Gasteiger partial charge in [-0.05, 0) is 18.8 Å². The molecule has 0 heterocycles. The number of carbonyl (C=O) groups excluding carboxylic acids is 1. The fourth-order valence-electron chi connectivity index (χ4n) is 2.08. The van der Waals surface area contributed by atoms with Crippen molar-refractivity contribution < 1.29 is 9.53 Å². The molecule has 0 N–H and O–H groups in total. The smallest absolute Gasteiger partial charge is 0.302 e. The Morgan fingerprint density at radius 1 is 1.38 bits per heavy atom. The Morgan fingerprint density at radius 3 is 2.46 bits per heavy atom. The van der Waals surface area contributed by atoms with Gasteiger partial charge in [0.15, 0.2) is 0 Å². The molecule has 0 radical (unpaired) electrons. The lowest BCUT2D eigenvalue weighted by atomic mass is 10.0. The zero-order chi connectivity index (χ0) is 9.84. The number of ether oxygens (including phenoxy) is 1. The molecule has 0 saturated heterocycles. The van der Waals surface area contributed by atoms with Crippen LogP contribution in [0, 0.1) is 11.8 Å². The maximum absolute atomic E-state index is 10.6. The fraction of sp³-hybridized carbons (Fsp3) is 0.545. The van der Waals surface area contributed by atoms with Crippen LogP contribution in [0.4, 0.5) is 0 Å². The minimum Gasteiger partial charge on any atom is -0.462 e. The molecular weight excluding hydrogens is 164 g/mol. The van der Waals surface area contributed by atoms with Crippen molar-refractivity contribution in [2.75, 3.05) is 0 Å².